The summed E-state index contributed by atoms with van der Waals surface area (Å²) in [6, 6.07) is 25.1. The summed E-state index contributed by atoms with van der Waals surface area (Å²) in [4.78, 5) is 0. The second-order valence-electron chi connectivity index (χ2n) is 6.28. The van der Waals surface area contributed by atoms with Gasteiger partial charge in [0, 0.05) is 18.2 Å². The zero-order valence-electron chi connectivity index (χ0n) is 15.5. The van der Waals surface area contributed by atoms with Gasteiger partial charge in [0.2, 0.25) is 0 Å². The third-order valence-electron chi connectivity index (χ3n) is 4.55. The molecule has 3 rings (SSSR count). The highest BCUT2D eigenvalue weighted by molar-refractivity contribution is 5.71. The van der Waals surface area contributed by atoms with Gasteiger partial charge in [0.15, 0.2) is 0 Å². The van der Waals surface area contributed by atoms with Crippen LogP contribution >= 0.6 is 0 Å². The van der Waals surface area contributed by atoms with E-state index in [9.17, 15) is 0 Å². The Kier molecular flexibility index (Phi) is 5.92. The van der Waals surface area contributed by atoms with Crippen LogP contribution in [-0.2, 0) is 6.54 Å². The number of hydrogen-bond acceptors (Lipinski definition) is 3. The number of nitrogens with one attached hydrogen (secondary N) is 1. The molecule has 3 aromatic rings. The lowest BCUT2D eigenvalue weighted by molar-refractivity contribution is 0.413. The molecule has 3 heteroatoms. The molecular formula is C23H25NO2. The van der Waals surface area contributed by atoms with Gasteiger partial charge < -0.3 is 14.8 Å². The summed E-state index contributed by atoms with van der Waals surface area (Å²) in [5.41, 5.74) is 4.70. The van der Waals surface area contributed by atoms with E-state index in [1.165, 1.54) is 11.1 Å². The molecule has 0 unspecified atom stereocenters. The quantitative estimate of drug-likeness (QED) is 0.635. The van der Waals surface area contributed by atoms with Crippen molar-refractivity contribution in [2.24, 2.45) is 0 Å². The largest absolute Gasteiger partial charge is 0.497 e. The van der Waals surface area contributed by atoms with Gasteiger partial charge in [-0.05, 0) is 47.9 Å². The molecular weight excluding hydrogens is 322 g/mol. The first kappa shape index (κ1) is 18.0. The monoisotopic (exact) mass is 347 g/mol. The minimum absolute atomic E-state index is 0.229. The molecule has 0 radical (unpaired) electrons. The maximum Gasteiger partial charge on any atom is 0.126 e. The van der Waals surface area contributed by atoms with Gasteiger partial charge in [-0.2, -0.15) is 0 Å². The van der Waals surface area contributed by atoms with Gasteiger partial charge in [0.05, 0.1) is 14.2 Å². The fourth-order valence-corrected chi connectivity index (χ4v) is 3.01. The van der Waals surface area contributed by atoms with Gasteiger partial charge in [-0.3, -0.25) is 0 Å². The van der Waals surface area contributed by atoms with Crippen LogP contribution < -0.4 is 14.8 Å². The van der Waals surface area contributed by atoms with Gasteiger partial charge in [0.25, 0.3) is 0 Å². The molecule has 1 N–H and O–H groups in total. The third kappa shape index (κ3) is 4.24. The molecule has 3 nitrogen and oxygen atoms in total. The van der Waals surface area contributed by atoms with Crippen molar-refractivity contribution >= 4 is 0 Å². The van der Waals surface area contributed by atoms with Crippen molar-refractivity contribution in [3.8, 4) is 22.6 Å². The molecule has 134 valence electrons. The molecule has 0 aliphatic carbocycles. The Balaban J connectivity index is 1.76. The highest BCUT2D eigenvalue weighted by atomic mass is 16.5. The fraction of sp³-hybridized carbons (Fsp3) is 0.217. The predicted molar refractivity (Wildman–Crippen MR) is 107 cm³/mol. The van der Waals surface area contributed by atoms with Gasteiger partial charge in [-0.1, -0.05) is 48.5 Å². The van der Waals surface area contributed by atoms with E-state index < -0.39 is 0 Å². The second-order valence-corrected chi connectivity index (χ2v) is 6.28. The lowest BCUT2D eigenvalue weighted by Gasteiger charge is -2.16. The summed E-state index contributed by atoms with van der Waals surface area (Å²) >= 11 is 0. The van der Waals surface area contributed by atoms with E-state index in [2.05, 4.69) is 48.6 Å². The Labute approximate surface area is 155 Å². The van der Waals surface area contributed by atoms with Crippen molar-refractivity contribution < 1.29 is 9.47 Å². The summed E-state index contributed by atoms with van der Waals surface area (Å²) in [6.07, 6.45) is 0. The average molecular weight is 347 g/mol. The predicted octanol–water partition coefficient (Wildman–Crippen LogP) is 5.22. The van der Waals surface area contributed by atoms with E-state index in [-0.39, 0.29) is 6.04 Å². The lowest BCUT2D eigenvalue weighted by atomic mass is 10.0. The van der Waals surface area contributed by atoms with Crippen LogP contribution in [0.25, 0.3) is 11.1 Å². The maximum absolute atomic E-state index is 5.54. The summed E-state index contributed by atoms with van der Waals surface area (Å²) in [5, 5.41) is 3.59. The Bertz CT molecular complexity index is 846. The molecule has 3 aromatic carbocycles. The molecule has 0 bridgehead atoms. The van der Waals surface area contributed by atoms with Gasteiger partial charge in [-0.15, -0.1) is 0 Å². The highest BCUT2D eigenvalue weighted by Gasteiger charge is 2.09. The molecule has 0 spiro atoms. The van der Waals surface area contributed by atoms with Gasteiger partial charge in [-0.25, -0.2) is 0 Å². The molecule has 0 fully saturated rings. The second kappa shape index (κ2) is 8.54. The number of rotatable bonds is 7. The fourth-order valence-electron chi connectivity index (χ4n) is 3.01. The van der Waals surface area contributed by atoms with Crippen LogP contribution in [0.1, 0.15) is 24.1 Å². The molecule has 0 aliphatic heterocycles. The summed E-state index contributed by atoms with van der Waals surface area (Å²) in [5.74, 6) is 1.77. The zero-order chi connectivity index (χ0) is 18.4. The maximum atomic E-state index is 5.54. The van der Waals surface area contributed by atoms with E-state index in [4.69, 9.17) is 9.47 Å². The summed E-state index contributed by atoms with van der Waals surface area (Å²) in [6.45, 7) is 2.94. The number of benzene rings is 3. The normalized spacial score (nSPS) is 11.8. The number of ether oxygens (including phenoxy) is 2. The first-order valence-electron chi connectivity index (χ1n) is 8.81. The van der Waals surface area contributed by atoms with E-state index in [1.807, 2.05) is 36.4 Å². The van der Waals surface area contributed by atoms with Crippen LogP contribution in [0.3, 0.4) is 0 Å². The summed E-state index contributed by atoms with van der Waals surface area (Å²) < 4.78 is 10.9. The Morgan fingerprint density at radius 3 is 2.38 bits per heavy atom. The Morgan fingerprint density at radius 2 is 1.65 bits per heavy atom. The van der Waals surface area contributed by atoms with Crippen LogP contribution in [0.2, 0.25) is 0 Å². The van der Waals surface area contributed by atoms with E-state index in [0.29, 0.717) is 0 Å². The first-order valence-corrected chi connectivity index (χ1v) is 8.81. The third-order valence-corrected chi connectivity index (χ3v) is 4.55. The smallest absolute Gasteiger partial charge is 0.126 e. The minimum Gasteiger partial charge on any atom is -0.497 e. The van der Waals surface area contributed by atoms with Crippen LogP contribution in [0.15, 0.2) is 72.8 Å². The van der Waals surface area contributed by atoms with Gasteiger partial charge >= 0.3 is 0 Å². The highest BCUT2D eigenvalue weighted by Crippen LogP contribution is 2.31. The molecule has 0 saturated heterocycles. The van der Waals surface area contributed by atoms with Crippen LogP contribution in [0, 0.1) is 0 Å². The van der Waals surface area contributed by atoms with Crippen molar-refractivity contribution in [2.45, 2.75) is 19.5 Å². The number of hydrogen-bond donors (Lipinski definition) is 1. The molecule has 0 heterocycles. The minimum atomic E-state index is 0.229. The van der Waals surface area contributed by atoms with E-state index >= 15 is 0 Å². The molecule has 0 aromatic heterocycles. The van der Waals surface area contributed by atoms with Crippen molar-refractivity contribution in [3.63, 3.8) is 0 Å². The van der Waals surface area contributed by atoms with Crippen molar-refractivity contribution in [3.05, 3.63) is 83.9 Å². The molecule has 0 saturated carbocycles. The molecule has 26 heavy (non-hydrogen) atoms. The lowest BCUT2D eigenvalue weighted by Crippen LogP contribution is -2.18. The van der Waals surface area contributed by atoms with Crippen molar-refractivity contribution in [2.75, 3.05) is 14.2 Å². The topological polar surface area (TPSA) is 30.5 Å². The van der Waals surface area contributed by atoms with Crippen LogP contribution in [-0.4, -0.2) is 14.2 Å². The molecule has 0 amide bonds. The van der Waals surface area contributed by atoms with E-state index in [0.717, 1.165) is 29.2 Å². The Morgan fingerprint density at radius 1 is 0.846 bits per heavy atom. The summed E-state index contributed by atoms with van der Waals surface area (Å²) in [7, 11) is 3.41. The number of methoxy groups -OCH3 is 2. The van der Waals surface area contributed by atoms with Gasteiger partial charge in [0.1, 0.15) is 11.5 Å². The standard InChI is InChI=1S/C23H25NO2/c1-17(20-10-7-11-21(15-20)25-2)24-16-18-12-13-23(26-3)22(14-18)19-8-5-4-6-9-19/h4-15,17,24H,16H2,1-3H3/t17-/m1/s1. The molecule has 1 atom stereocenters. The van der Waals surface area contributed by atoms with Crippen LogP contribution in [0.5, 0.6) is 11.5 Å². The van der Waals surface area contributed by atoms with E-state index in [1.54, 1.807) is 14.2 Å². The van der Waals surface area contributed by atoms with Crippen LogP contribution in [0.4, 0.5) is 0 Å². The average Bonchev–Trinajstić information content (AvgIpc) is 2.72. The van der Waals surface area contributed by atoms with Crippen molar-refractivity contribution in [1.82, 2.24) is 5.32 Å². The molecule has 0 aliphatic rings. The Hall–Kier alpha value is -2.78. The van der Waals surface area contributed by atoms with Crippen molar-refractivity contribution in [1.29, 1.82) is 0 Å². The SMILES string of the molecule is COc1cccc([C@@H](C)NCc2ccc(OC)c(-c3ccccc3)c2)c1. The zero-order valence-corrected chi connectivity index (χ0v) is 15.5. The first-order chi connectivity index (χ1) is 12.7.